The SMILES string of the molecule is O=C(Nc1ccc(Oc2ccc(F)cc2)cc1)[C@@H]1C[C@@H](Cc2c(F)cc(F)cc2F)CN1. The van der Waals surface area contributed by atoms with Crippen LogP contribution in [0.4, 0.5) is 23.2 Å². The van der Waals surface area contributed by atoms with Crippen molar-refractivity contribution in [2.45, 2.75) is 18.9 Å². The zero-order valence-electron chi connectivity index (χ0n) is 16.9. The zero-order valence-corrected chi connectivity index (χ0v) is 16.9. The number of amides is 1. The first kappa shape index (κ1) is 21.8. The van der Waals surface area contributed by atoms with Crippen LogP contribution in [-0.2, 0) is 11.2 Å². The first-order chi connectivity index (χ1) is 15.4. The molecule has 166 valence electrons. The Hall–Kier alpha value is -3.39. The third-order valence-electron chi connectivity index (χ3n) is 5.31. The second-order valence-electron chi connectivity index (χ2n) is 7.68. The fourth-order valence-electron chi connectivity index (χ4n) is 3.69. The van der Waals surface area contributed by atoms with Crippen molar-refractivity contribution in [1.29, 1.82) is 0 Å². The third kappa shape index (κ3) is 5.26. The molecule has 0 saturated carbocycles. The van der Waals surface area contributed by atoms with Gasteiger partial charge in [0.05, 0.1) is 6.04 Å². The van der Waals surface area contributed by atoms with Crippen molar-refractivity contribution < 1.29 is 27.1 Å². The van der Waals surface area contributed by atoms with E-state index in [1.165, 1.54) is 24.3 Å². The molecule has 1 heterocycles. The van der Waals surface area contributed by atoms with Crippen LogP contribution in [-0.4, -0.2) is 18.5 Å². The Balaban J connectivity index is 1.31. The average molecular weight is 444 g/mol. The van der Waals surface area contributed by atoms with Crippen LogP contribution in [0.25, 0.3) is 0 Å². The van der Waals surface area contributed by atoms with E-state index in [1.54, 1.807) is 24.3 Å². The summed E-state index contributed by atoms with van der Waals surface area (Å²) in [6, 6.07) is 13.1. The number of benzene rings is 3. The van der Waals surface area contributed by atoms with Gasteiger partial charge in [0.1, 0.15) is 34.8 Å². The van der Waals surface area contributed by atoms with Crippen LogP contribution in [0.1, 0.15) is 12.0 Å². The lowest BCUT2D eigenvalue weighted by Crippen LogP contribution is -2.35. The van der Waals surface area contributed by atoms with Crippen molar-refractivity contribution in [1.82, 2.24) is 5.32 Å². The number of nitrogens with one attached hydrogen (secondary N) is 2. The highest BCUT2D eigenvalue weighted by Gasteiger charge is 2.30. The maximum atomic E-state index is 13.9. The number of anilines is 1. The van der Waals surface area contributed by atoms with E-state index in [0.29, 0.717) is 42.3 Å². The van der Waals surface area contributed by atoms with Crippen molar-refractivity contribution in [3.8, 4) is 11.5 Å². The van der Waals surface area contributed by atoms with Crippen LogP contribution in [0.5, 0.6) is 11.5 Å². The normalized spacial score (nSPS) is 17.9. The summed E-state index contributed by atoms with van der Waals surface area (Å²) >= 11 is 0. The second-order valence-corrected chi connectivity index (χ2v) is 7.68. The van der Waals surface area contributed by atoms with E-state index >= 15 is 0 Å². The molecule has 8 heteroatoms. The van der Waals surface area contributed by atoms with E-state index in [2.05, 4.69) is 10.6 Å². The largest absolute Gasteiger partial charge is 0.457 e. The molecule has 4 nitrogen and oxygen atoms in total. The summed E-state index contributed by atoms with van der Waals surface area (Å²) in [6.07, 6.45) is 0.470. The number of carbonyl (C=O) groups excluding carboxylic acids is 1. The molecule has 2 atom stereocenters. The molecule has 2 N–H and O–H groups in total. The lowest BCUT2D eigenvalue weighted by atomic mass is 9.95. The smallest absolute Gasteiger partial charge is 0.241 e. The van der Waals surface area contributed by atoms with Gasteiger partial charge in [-0.3, -0.25) is 4.79 Å². The molecule has 32 heavy (non-hydrogen) atoms. The molecule has 3 aromatic carbocycles. The van der Waals surface area contributed by atoms with Gasteiger partial charge in [0.15, 0.2) is 0 Å². The number of halogens is 4. The van der Waals surface area contributed by atoms with Gasteiger partial charge in [0.25, 0.3) is 0 Å². The van der Waals surface area contributed by atoms with E-state index in [1.807, 2.05) is 0 Å². The molecule has 0 unspecified atom stereocenters. The van der Waals surface area contributed by atoms with Gasteiger partial charge in [-0.05, 0) is 73.8 Å². The Morgan fingerprint density at radius 2 is 1.50 bits per heavy atom. The fraction of sp³-hybridized carbons (Fsp3) is 0.208. The maximum Gasteiger partial charge on any atom is 0.241 e. The van der Waals surface area contributed by atoms with E-state index in [-0.39, 0.29) is 29.6 Å². The van der Waals surface area contributed by atoms with Crippen molar-refractivity contribution >= 4 is 11.6 Å². The predicted molar refractivity (Wildman–Crippen MR) is 111 cm³/mol. The van der Waals surface area contributed by atoms with Crippen LogP contribution < -0.4 is 15.4 Å². The van der Waals surface area contributed by atoms with Gasteiger partial charge in [-0.1, -0.05) is 0 Å². The van der Waals surface area contributed by atoms with Crippen LogP contribution in [0.2, 0.25) is 0 Å². The summed E-state index contributed by atoms with van der Waals surface area (Å²) in [4.78, 5) is 12.6. The molecule has 0 aromatic heterocycles. The predicted octanol–water partition coefficient (Wildman–Crippen LogP) is 5.19. The standard InChI is InChI=1S/C24H20F4N2O2/c25-15-1-5-18(6-2-15)32-19-7-3-17(4-8-19)30-24(31)23-10-14(13-29-23)9-20-21(27)11-16(26)12-22(20)28/h1-8,11-12,14,23,29H,9-10,13H2,(H,30,31)/t14-,23+/m1/s1. The highest BCUT2D eigenvalue weighted by Crippen LogP contribution is 2.26. The van der Waals surface area contributed by atoms with Crippen LogP contribution in [0.3, 0.4) is 0 Å². The summed E-state index contributed by atoms with van der Waals surface area (Å²) in [5.41, 5.74) is 0.387. The van der Waals surface area contributed by atoms with Gasteiger partial charge >= 0.3 is 0 Å². The van der Waals surface area contributed by atoms with E-state index in [9.17, 15) is 22.4 Å². The lowest BCUT2D eigenvalue weighted by Gasteiger charge is -2.13. The monoisotopic (exact) mass is 444 g/mol. The Labute approximate surface area is 182 Å². The first-order valence-corrected chi connectivity index (χ1v) is 10.1. The summed E-state index contributed by atoms with van der Waals surface area (Å²) in [7, 11) is 0. The van der Waals surface area contributed by atoms with E-state index in [4.69, 9.17) is 4.74 Å². The number of carbonyl (C=O) groups is 1. The Kier molecular flexibility index (Phi) is 6.41. The fourth-order valence-corrected chi connectivity index (χ4v) is 3.69. The summed E-state index contributed by atoms with van der Waals surface area (Å²) in [6.45, 7) is 0.415. The van der Waals surface area contributed by atoms with Crippen molar-refractivity contribution in [2.24, 2.45) is 5.92 Å². The molecule has 1 aliphatic rings. The minimum atomic E-state index is -0.959. The van der Waals surface area contributed by atoms with Gasteiger partial charge < -0.3 is 15.4 Å². The number of rotatable bonds is 6. The van der Waals surface area contributed by atoms with Crippen LogP contribution in [0, 0.1) is 29.2 Å². The molecule has 1 fully saturated rings. The maximum absolute atomic E-state index is 13.9. The molecule has 3 aromatic rings. The highest BCUT2D eigenvalue weighted by atomic mass is 19.1. The van der Waals surface area contributed by atoms with Gasteiger partial charge in [-0.2, -0.15) is 0 Å². The quantitative estimate of drug-likeness (QED) is 0.515. The Bertz CT molecular complexity index is 1080. The molecule has 0 aliphatic carbocycles. The van der Waals surface area contributed by atoms with Gasteiger partial charge in [0.2, 0.25) is 5.91 Å². The van der Waals surface area contributed by atoms with Crippen LogP contribution >= 0.6 is 0 Å². The first-order valence-electron chi connectivity index (χ1n) is 10.1. The van der Waals surface area contributed by atoms with Gasteiger partial charge in [-0.25, -0.2) is 17.6 Å². The summed E-state index contributed by atoms with van der Waals surface area (Å²) in [5.74, 6) is -2.57. The Morgan fingerprint density at radius 1 is 0.906 bits per heavy atom. The topological polar surface area (TPSA) is 50.4 Å². The van der Waals surface area contributed by atoms with E-state index < -0.39 is 23.5 Å². The van der Waals surface area contributed by atoms with E-state index in [0.717, 1.165) is 0 Å². The van der Waals surface area contributed by atoms with Gasteiger partial charge in [0, 0.05) is 23.4 Å². The molecular weight excluding hydrogens is 424 g/mol. The van der Waals surface area contributed by atoms with Crippen molar-refractivity contribution in [3.63, 3.8) is 0 Å². The second kappa shape index (κ2) is 9.40. The molecule has 1 amide bonds. The molecule has 0 spiro atoms. The minimum absolute atomic E-state index is 0.0736. The van der Waals surface area contributed by atoms with Gasteiger partial charge in [-0.15, -0.1) is 0 Å². The van der Waals surface area contributed by atoms with Crippen molar-refractivity contribution in [2.75, 3.05) is 11.9 Å². The number of ether oxygens (including phenoxy) is 1. The summed E-state index contributed by atoms with van der Waals surface area (Å²) in [5, 5.41) is 5.85. The molecule has 0 radical (unpaired) electrons. The molecule has 0 bridgehead atoms. The molecule has 4 rings (SSSR count). The molecular formula is C24H20F4N2O2. The number of hydrogen-bond donors (Lipinski definition) is 2. The van der Waals surface area contributed by atoms with Crippen LogP contribution in [0.15, 0.2) is 60.7 Å². The number of hydrogen-bond acceptors (Lipinski definition) is 3. The van der Waals surface area contributed by atoms with Crippen molar-refractivity contribution in [3.05, 3.63) is 89.5 Å². The average Bonchev–Trinajstić information content (AvgIpc) is 3.23. The molecule has 1 saturated heterocycles. The minimum Gasteiger partial charge on any atom is -0.457 e. The zero-order chi connectivity index (χ0) is 22.7. The lowest BCUT2D eigenvalue weighted by molar-refractivity contribution is -0.117. The summed E-state index contributed by atoms with van der Waals surface area (Å²) < 4.78 is 59.4. The highest BCUT2D eigenvalue weighted by molar-refractivity contribution is 5.95. The Morgan fingerprint density at radius 3 is 2.12 bits per heavy atom. The molecule has 1 aliphatic heterocycles. The third-order valence-corrected chi connectivity index (χ3v) is 5.31.